The zero-order valence-corrected chi connectivity index (χ0v) is 13.7. The fourth-order valence-corrected chi connectivity index (χ4v) is 3.76. The molecule has 0 aliphatic heterocycles. The van der Waals surface area contributed by atoms with E-state index in [4.69, 9.17) is 0 Å². The average molecular weight is 320 g/mol. The van der Waals surface area contributed by atoms with Gasteiger partial charge >= 0.3 is 4.87 Å². The minimum atomic E-state index is -0.120. The van der Waals surface area contributed by atoms with Gasteiger partial charge in [0.1, 0.15) is 6.54 Å². The van der Waals surface area contributed by atoms with Gasteiger partial charge in [0.05, 0.1) is 12.2 Å². The molecule has 2 heterocycles. The summed E-state index contributed by atoms with van der Waals surface area (Å²) in [6.07, 6.45) is 4.84. The van der Waals surface area contributed by atoms with Crippen molar-refractivity contribution in [2.75, 3.05) is 0 Å². The number of aromatic nitrogens is 3. The minimum absolute atomic E-state index is 0.00574. The van der Waals surface area contributed by atoms with E-state index in [1.165, 1.54) is 10.3 Å². The highest BCUT2D eigenvalue weighted by Crippen LogP contribution is 2.29. The minimum Gasteiger partial charge on any atom is -0.348 e. The third kappa shape index (κ3) is 2.72. The first-order valence-electron chi connectivity index (χ1n) is 7.59. The third-order valence-electron chi connectivity index (χ3n) is 4.18. The number of rotatable bonds is 4. The number of aryl methyl sites for hydroxylation is 2. The molecule has 0 radical (unpaired) electrons. The molecule has 0 saturated carbocycles. The molecule has 0 bridgehead atoms. The van der Waals surface area contributed by atoms with Crippen LogP contribution in [-0.2, 0) is 24.3 Å². The number of hydrogen-bond donors (Lipinski definition) is 1. The standard InChI is InChI=1S/C15H20N4O2S/c1-3-19-13-6-4-5-12(11(13)7-16-19)17-14(20)8-18-10(2)9-22-15(18)21/h7,9,12H,3-6,8H2,1-2H3,(H,17,20). The zero-order valence-electron chi connectivity index (χ0n) is 12.8. The summed E-state index contributed by atoms with van der Waals surface area (Å²) >= 11 is 1.13. The summed E-state index contributed by atoms with van der Waals surface area (Å²) in [7, 11) is 0. The summed E-state index contributed by atoms with van der Waals surface area (Å²) < 4.78 is 3.51. The second-order valence-electron chi connectivity index (χ2n) is 5.60. The van der Waals surface area contributed by atoms with E-state index in [1.807, 2.05) is 17.8 Å². The Hall–Kier alpha value is -1.89. The second kappa shape index (κ2) is 6.08. The molecule has 1 amide bonds. The number of carbonyl (C=O) groups is 1. The Morgan fingerprint density at radius 2 is 2.36 bits per heavy atom. The van der Waals surface area contributed by atoms with Crippen LogP contribution in [0.5, 0.6) is 0 Å². The summed E-state index contributed by atoms with van der Waals surface area (Å²) in [6, 6.07) is 0.00574. The summed E-state index contributed by atoms with van der Waals surface area (Å²) in [4.78, 5) is 23.9. The van der Waals surface area contributed by atoms with Gasteiger partial charge in [0.25, 0.3) is 0 Å². The van der Waals surface area contributed by atoms with Gasteiger partial charge in [-0.3, -0.25) is 18.8 Å². The fraction of sp³-hybridized carbons (Fsp3) is 0.533. The Morgan fingerprint density at radius 1 is 1.55 bits per heavy atom. The molecule has 1 atom stereocenters. The van der Waals surface area contributed by atoms with Crippen LogP contribution in [0.1, 0.15) is 42.8 Å². The molecule has 3 rings (SSSR count). The van der Waals surface area contributed by atoms with Crippen LogP contribution < -0.4 is 10.2 Å². The highest BCUT2D eigenvalue weighted by molar-refractivity contribution is 7.07. The molecule has 0 fully saturated rings. The monoisotopic (exact) mass is 320 g/mol. The Bertz CT molecular complexity index is 743. The van der Waals surface area contributed by atoms with Crippen molar-refractivity contribution < 1.29 is 4.79 Å². The van der Waals surface area contributed by atoms with E-state index in [9.17, 15) is 9.59 Å². The molecule has 0 spiro atoms. The Labute approximate surface area is 132 Å². The summed E-state index contributed by atoms with van der Waals surface area (Å²) in [5.74, 6) is -0.120. The lowest BCUT2D eigenvalue weighted by Crippen LogP contribution is -2.35. The molecule has 0 aromatic carbocycles. The van der Waals surface area contributed by atoms with Gasteiger partial charge in [-0.1, -0.05) is 11.3 Å². The second-order valence-corrected chi connectivity index (χ2v) is 6.42. The summed E-state index contributed by atoms with van der Waals surface area (Å²) in [5.41, 5.74) is 3.17. The van der Waals surface area contributed by atoms with Gasteiger partial charge < -0.3 is 5.32 Å². The molecule has 1 unspecified atom stereocenters. The molecule has 1 aliphatic rings. The number of nitrogens with zero attached hydrogens (tertiary/aromatic N) is 3. The van der Waals surface area contributed by atoms with Gasteiger partial charge in [0.2, 0.25) is 5.91 Å². The van der Waals surface area contributed by atoms with Crippen molar-refractivity contribution >= 4 is 17.2 Å². The van der Waals surface area contributed by atoms with E-state index in [-0.39, 0.29) is 23.4 Å². The maximum Gasteiger partial charge on any atom is 0.307 e. The van der Waals surface area contributed by atoms with Crippen LogP contribution in [0, 0.1) is 6.92 Å². The first-order chi connectivity index (χ1) is 10.6. The maximum absolute atomic E-state index is 12.3. The molecule has 0 saturated heterocycles. The van der Waals surface area contributed by atoms with Crippen LogP contribution in [-0.4, -0.2) is 20.3 Å². The molecule has 22 heavy (non-hydrogen) atoms. The first-order valence-corrected chi connectivity index (χ1v) is 8.47. The molecule has 1 N–H and O–H groups in total. The van der Waals surface area contributed by atoms with E-state index < -0.39 is 0 Å². The van der Waals surface area contributed by atoms with Crippen LogP contribution in [0.2, 0.25) is 0 Å². The fourth-order valence-electron chi connectivity index (χ4n) is 3.02. The normalized spacial score (nSPS) is 17.3. The Morgan fingerprint density at radius 3 is 3.05 bits per heavy atom. The quantitative estimate of drug-likeness (QED) is 0.931. The Kier molecular flexibility index (Phi) is 4.15. The van der Waals surface area contributed by atoms with Crippen molar-refractivity contribution in [1.82, 2.24) is 19.7 Å². The third-order valence-corrected chi connectivity index (χ3v) is 5.06. The van der Waals surface area contributed by atoms with E-state index in [0.29, 0.717) is 0 Å². The number of fused-ring (bicyclic) bond motifs is 1. The van der Waals surface area contributed by atoms with Crippen molar-refractivity contribution in [3.05, 3.63) is 38.2 Å². The Balaban J connectivity index is 1.73. The lowest BCUT2D eigenvalue weighted by Gasteiger charge is -2.24. The molecule has 2 aromatic heterocycles. The molecule has 6 nitrogen and oxygen atoms in total. The smallest absolute Gasteiger partial charge is 0.307 e. The zero-order chi connectivity index (χ0) is 15.7. The van der Waals surface area contributed by atoms with Crippen LogP contribution >= 0.6 is 11.3 Å². The van der Waals surface area contributed by atoms with Crippen LogP contribution in [0.4, 0.5) is 0 Å². The molecule has 2 aromatic rings. The van der Waals surface area contributed by atoms with Gasteiger partial charge in [-0.2, -0.15) is 5.10 Å². The predicted octanol–water partition coefficient (Wildman–Crippen LogP) is 1.63. The van der Waals surface area contributed by atoms with Crippen LogP contribution in [0.3, 0.4) is 0 Å². The van der Waals surface area contributed by atoms with E-state index in [1.54, 1.807) is 5.38 Å². The molecule has 1 aliphatic carbocycles. The van der Waals surface area contributed by atoms with Crippen LogP contribution in [0.15, 0.2) is 16.4 Å². The number of hydrogen-bond acceptors (Lipinski definition) is 4. The van der Waals surface area contributed by atoms with E-state index >= 15 is 0 Å². The van der Waals surface area contributed by atoms with Crippen molar-refractivity contribution in [2.24, 2.45) is 0 Å². The molecule has 118 valence electrons. The summed E-state index contributed by atoms with van der Waals surface area (Å²) in [5, 5.41) is 9.22. The SMILES string of the molecule is CCn1ncc2c1CCCC2NC(=O)Cn1c(C)csc1=O. The van der Waals surface area contributed by atoms with Crippen molar-refractivity contribution in [2.45, 2.75) is 52.2 Å². The van der Waals surface area contributed by atoms with Gasteiger partial charge in [-0.25, -0.2) is 0 Å². The van der Waals surface area contributed by atoms with Crippen LogP contribution in [0.25, 0.3) is 0 Å². The van der Waals surface area contributed by atoms with Gasteiger partial charge in [0.15, 0.2) is 0 Å². The van der Waals surface area contributed by atoms with Gasteiger partial charge in [-0.15, -0.1) is 0 Å². The largest absolute Gasteiger partial charge is 0.348 e. The predicted molar refractivity (Wildman–Crippen MR) is 85.0 cm³/mol. The van der Waals surface area contributed by atoms with Crippen molar-refractivity contribution in [3.8, 4) is 0 Å². The highest BCUT2D eigenvalue weighted by Gasteiger charge is 2.25. The lowest BCUT2D eigenvalue weighted by molar-refractivity contribution is -0.122. The molecular formula is C15H20N4O2S. The maximum atomic E-state index is 12.3. The van der Waals surface area contributed by atoms with Gasteiger partial charge in [0, 0.05) is 28.9 Å². The number of nitrogens with one attached hydrogen (secondary N) is 1. The topological polar surface area (TPSA) is 68.9 Å². The summed E-state index contributed by atoms with van der Waals surface area (Å²) in [6.45, 7) is 4.85. The number of amides is 1. The first kappa shape index (κ1) is 15.0. The molecular weight excluding hydrogens is 300 g/mol. The van der Waals surface area contributed by atoms with Crippen molar-refractivity contribution in [1.29, 1.82) is 0 Å². The molecule has 7 heteroatoms. The average Bonchev–Trinajstić information content (AvgIpc) is 3.06. The van der Waals surface area contributed by atoms with E-state index in [2.05, 4.69) is 17.3 Å². The van der Waals surface area contributed by atoms with E-state index in [0.717, 1.165) is 48.4 Å². The van der Waals surface area contributed by atoms with Gasteiger partial charge in [-0.05, 0) is 33.1 Å². The lowest BCUT2D eigenvalue weighted by atomic mass is 9.93. The van der Waals surface area contributed by atoms with Crippen molar-refractivity contribution in [3.63, 3.8) is 0 Å². The number of carbonyl (C=O) groups excluding carboxylic acids is 1. The highest BCUT2D eigenvalue weighted by atomic mass is 32.1. The number of thiazole rings is 1.